The van der Waals surface area contributed by atoms with Gasteiger partial charge in [-0.1, -0.05) is 6.92 Å². The van der Waals surface area contributed by atoms with Crippen LogP contribution in [-0.2, 0) is 0 Å². The van der Waals surface area contributed by atoms with Crippen LogP contribution in [0.5, 0.6) is 0 Å². The summed E-state index contributed by atoms with van der Waals surface area (Å²) in [5, 5.41) is 10.7. The molecule has 0 aliphatic rings. The van der Waals surface area contributed by atoms with E-state index in [0.717, 1.165) is 0 Å². The molecular weight excluding hydrogens is 376 g/mol. The predicted molar refractivity (Wildman–Crippen MR) is 74.4 cm³/mol. The van der Waals surface area contributed by atoms with E-state index in [2.05, 4.69) is 0 Å². The van der Waals surface area contributed by atoms with Crippen LogP contribution in [-0.4, -0.2) is 24.2 Å². The number of nitro groups is 1. The predicted octanol–water partition coefficient (Wildman–Crippen LogP) is 3.98. The second-order valence-electron chi connectivity index (χ2n) is 3.93. The van der Waals surface area contributed by atoms with Crippen molar-refractivity contribution in [3.8, 4) is 0 Å². The molecule has 0 saturated heterocycles. The first kappa shape index (κ1) is 16.0. The van der Waals surface area contributed by atoms with Crippen molar-refractivity contribution in [3.05, 3.63) is 31.9 Å². The summed E-state index contributed by atoms with van der Waals surface area (Å²) < 4.78 is 37.7. The van der Waals surface area contributed by atoms with E-state index in [4.69, 9.17) is 0 Å². The van der Waals surface area contributed by atoms with Crippen LogP contribution in [0.4, 0.5) is 24.5 Å². The van der Waals surface area contributed by atoms with Crippen LogP contribution >= 0.6 is 22.6 Å². The van der Waals surface area contributed by atoms with Crippen LogP contribution in [0.1, 0.15) is 13.3 Å². The van der Waals surface area contributed by atoms with Crippen LogP contribution in [0.2, 0.25) is 0 Å². The van der Waals surface area contributed by atoms with Crippen molar-refractivity contribution in [2.45, 2.75) is 19.5 Å². The largest absolute Gasteiger partial charge is 0.405 e. The Hall–Kier alpha value is -1.06. The zero-order chi connectivity index (χ0) is 14.6. The Balaban J connectivity index is 3.03. The molecule has 4 nitrogen and oxygen atoms in total. The zero-order valence-corrected chi connectivity index (χ0v) is 12.2. The van der Waals surface area contributed by atoms with Crippen LogP contribution in [0.15, 0.2) is 18.2 Å². The van der Waals surface area contributed by atoms with Gasteiger partial charge >= 0.3 is 6.18 Å². The van der Waals surface area contributed by atoms with E-state index in [-0.39, 0.29) is 12.2 Å². The van der Waals surface area contributed by atoms with Gasteiger partial charge in [-0.3, -0.25) is 10.1 Å². The van der Waals surface area contributed by atoms with E-state index in [1.165, 1.54) is 23.1 Å². The quantitative estimate of drug-likeness (QED) is 0.436. The van der Waals surface area contributed by atoms with E-state index < -0.39 is 17.6 Å². The van der Waals surface area contributed by atoms with Crippen LogP contribution in [0.25, 0.3) is 0 Å². The maximum Gasteiger partial charge on any atom is 0.405 e. The lowest BCUT2D eigenvalue weighted by Crippen LogP contribution is -2.34. The van der Waals surface area contributed by atoms with Crippen LogP contribution in [0.3, 0.4) is 0 Å². The number of hydrogen-bond donors (Lipinski definition) is 0. The molecule has 1 aromatic carbocycles. The van der Waals surface area contributed by atoms with E-state index in [1.807, 2.05) is 0 Å². The molecule has 8 heteroatoms. The van der Waals surface area contributed by atoms with Gasteiger partial charge in [-0.15, -0.1) is 0 Å². The smallest absolute Gasteiger partial charge is 0.363 e. The number of halogens is 4. The van der Waals surface area contributed by atoms with E-state index in [0.29, 0.717) is 15.7 Å². The van der Waals surface area contributed by atoms with Crippen molar-refractivity contribution in [3.63, 3.8) is 0 Å². The molecule has 0 heterocycles. The Morgan fingerprint density at radius 3 is 2.47 bits per heavy atom. The molecule has 0 bridgehead atoms. The molecule has 1 rings (SSSR count). The fourth-order valence-corrected chi connectivity index (χ4v) is 2.32. The van der Waals surface area contributed by atoms with E-state index in [9.17, 15) is 23.3 Å². The average molecular weight is 388 g/mol. The first-order chi connectivity index (χ1) is 8.74. The van der Waals surface area contributed by atoms with Gasteiger partial charge in [0.05, 0.1) is 8.49 Å². The molecule has 0 N–H and O–H groups in total. The topological polar surface area (TPSA) is 46.4 Å². The molecule has 0 unspecified atom stereocenters. The molecule has 0 aliphatic carbocycles. The second-order valence-corrected chi connectivity index (χ2v) is 5.09. The Bertz CT molecular complexity index is 466. The molecular formula is C11H12F3IN2O2. The Labute approximate surface area is 121 Å². The second kappa shape index (κ2) is 6.40. The third-order valence-electron chi connectivity index (χ3n) is 2.36. The van der Waals surface area contributed by atoms with Gasteiger partial charge in [-0.05, 0) is 41.1 Å². The maximum absolute atomic E-state index is 12.5. The fourth-order valence-electron chi connectivity index (χ4n) is 1.63. The number of hydrogen-bond acceptors (Lipinski definition) is 3. The molecule has 0 amide bonds. The summed E-state index contributed by atoms with van der Waals surface area (Å²) in [5.41, 5.74) is 0.238. The minimum Gasteiger partial charge on any atom is -0.363 e. The van der Waals surface area contributed by atoms with Crippen molar-refractivity contribution in [1.29, 1.82) is 0 Å². The number of benzene rings is 1. The van der Waals surface area contributed by atoms with Crippen molar-refractivity contribution in [1.82, 2.24) is 0 Å². The van der Waals surface area contributed by atoms with Crippen LogP contribution < -0.4 is 4.90 Å². The minimum absolute atomic E-state index is 0.104. The first-order valence-corrected chi connectivity index (χ1v) is 6.58. The summed E-state index contributed by atoms with van der Waals surface area (Å²) >= 11 is 1.75. The van der Waals surface area contributed by atoms with Crippen LogP contribution in [0, 0.1) is 13.7 Å². The third kappa shape index (κ3) is 4.84. The molecule has 0 aromatic heterocycles. The van der Waals surface area contributed by atoms with E-state index >= 15 is 0 Å². The van der Waals surface area contributed by atoms with Crippen molar-refractivity contribution >= 4 is 34.0 Å². The van der Waals surface area contributed by atoms with Gasteiger partial charge in [0.1, 0.15) is 6.54 Å². The summed E-state index contributed by atoms with van der Waals surface area (Å²) in [6, 6.07) is 3.98. The molecule has 19 heavy (non-hydrogen) atoms. The van der Waals surface area contributed by atoms with Gasteiger partial charge in [0.25, 0.3) is 5.69 Å². The molecule has 0 saturated carbocycles. The van der Waals surface area contributed by atoms with Gasteiger partial charge in [-0.2, -0.15) is 13.2 Å². The summed E-state index contributed by atoms with van der Waals surface area (Å²) in [4.78, 5) is 11.3. The fraction of sp³-hybridized carbons (Fsp3) is 0.455. The lowest BCUT2D eigenvalue weighted by atomic mass is 10.2. The summed E-state index contributed by atoms with van der Waals surface area (Å²) in [6.45, 7) is 0.960. The average Bonchev–Trinajstić information content (AvgIpc) is 2.26. The lowest BCUT2D eigenvalue weighted by Gasteiger charge is -2.25. The highest BCUT2D eigenvalue weighted by molar-refractivity contribution is 14.1. The highest BCUT2D eigenvalue weighted by Gasteiger charge is 2.31. The Morgan fingerprint density at radius 2 is 2.05 bits per heavy atom. The van der Waals surface area contributed by atoms with Gasteiger partial charge < -0.3 is 4.90 Å². The van der Waals surface area contributed by atoms with Gasteiger partial charge in [-0.25, -0.2) is 0 Å². The number of rotatable bonds is 5. The minimum atomic E-state index is -4.30. The first-order valence-electron chi connectivity index (χ1n) is 5.50. The van der Waals surface area contributed by atoms with Gasteiger partial charge in [0.2, 0.25) is 0 Å². The highest BCUT2D eigenvalue weighted by Crippen LogP contribution is 2.28. The lowest BCUT2D eigenvalue weighted by molar-refractivity contribution is -0.385. The SMILES string of the molecule is CCCN(CC(F)(F)F)c1ccc([N+](=O)[O-])c(I)c1. The molecule has 1 aromatic rings. The zero-order valence-electron chi connectivity index (χ0n) is 10.1. The third-order valence-corrected chi connectivity index (χ3v) is 3.22. The summed E-state index contributed by atoms with van der Waals surface area (Å²) in [5.74, 6) is 0. The summed E-state index contributed by atoms with van der Waals surface area (Å²) in [6.07, 6.45) is -3.74. The molecule has 0 fully saturated rings. The standard InChI is InChI=1S/C11H12F3IN2O2/c1-2-5-16(7-11(12,13)14)8-3-4-10(17(18)19)9(15)6-8/h3-4,6H,2,5,7H2,1H3. The number of alkyl halides is 3. The van der Waals surface area contributed by atoms with E-state index in [1.54, 1.807) is 29.5 Å². The van der Waals surface area contributed by atoms with Crippen molar-refractivity contribution < 1.29 is 18.1 Å². The molecule has 0 atom stereocenters. The number of nitrogens with zero attached hydrogens (tertiary/aromatic N) is 2. The van der Waals surface area contributed by atoms with Gasteiger partial charge in [0.15, 0.2) is 0 Å². The Kier molecular flexibility index (Phi) is 5.39. The number of nitro benzene ring substituents is 1. The number of anilines is 1. The normalized spacial score (nSPS) is 11.4. The highest BCUT2D eigenvalue weighted by atomic mass is 127. The Morgan fingerprint density at radius 1 is 1.42 bits per heavy atom. The van der Waals surface area contributed by atoms with Gasteiger partial charge in [0, 0.05) is 18.3 Å². The maximum atomic E-state index is 12.5. The molecule has 0 radical (unpaired) electrons. The monoisotopic (exact) mass is 388 g/mol. The van der Waals surface area contributed by atoms with Crippen molar-refractivity contribution in [2.24, 2.45) is 0 Å². The molecule has 0 aliphatic heterocycles. The summed E-state index contributed by atoms with van der Waals surface area (Å²) in [7, 11) is 0. The molecule has 106 valence electrons. The molecule has 0 spiro atoms. The van der Waals surface area contributed by atoms with Crippen molar-refractivity contribution in [2.75, 3.05) is 18.0 Å².